The molecule has 9 heteroatoms. The van der Waals surface area contributed by atoms with Crippen LogP contribution in [0, 0.1) is 17.5 Å². The van der Waals surface area contributed by atoms with E-state index in [1.165, 1.54) is 4.90 Å². The molecular weight excluding hydrogens is 327 g/mol. The number of benzene rings is 1. The third kappa shape index (κ3) is 4.30. The third-order valence-corrected chi connectivity index (χ3v) is 3.64. The molecule has 0 radical (unpaired) electrons. The SMILES string of the molecule is CCOC(=O)N1CCC(NC(=O)Nc2ccc(F)c(F)c2F)CC1. The number of nitrogens with one attached hydrogen (secondary N) is 2. The molecule has 6 nitrogen and oxygen atoms in total. The summed E-state index contributed by atoms with van der Waals surface area (Å²) < 4.78 is 44.3. The summed E-state index contributed by atoms with van der Waals surface area (Å²) in [5.74, 6) is -4.43. The number of likely N-dealkylation sites (tertiary alicyclic amines) is 1. The fraction of sp³-hybridized carbons (Fsp3) is 0.467. The zero-order chi connectivity index (χ0) is 17.7. The van der Waals surface area contributed by atoms with Gasteiger partial charge in [0.25, 0.3) is 0 Å². The van der Waals surface area contributed by atoms with Crippen molar-refractivity contribution in [3.05, 3.63) is 29.6 Å². The molecule has 3 amide bonds. The molecule has 0 atom stereocenters. The summed E-state index contributed by atoms with van der Waals surface area (Å²) in [6.45, 7) is 2.85. The summed E-state index contributed by atoms with van der Waals surface area (Å²) in [7, 11) is 0. The number of nitrogens with zero attached hydrogens (tertiary/aromatic N) is 1. The van der Waals surface area contributed by atoms with Crippen molar-refractivity contribution in [1.82, 2.24) is 10.2 Å². The van der Waals surface area contributed by atoms with Crippen LogP contribution in [0.1, 0.15) is 19.8 Å². The standard InChI is InChI=1S/C15H18F3N3O3/c1-2-24-15(23)21-7-5-9(6-8-21)19-14(22)20-11-4-3-10(16)12(17)13(11)18/h3-4,9H,2,5-8H2,1H3,(H2,19,20,22). The van der Waals surface area contributed by atoms with E-state index in [-0.39, 0.29) is 6.04 Å². The number of hydrogen-bond acceptors (Lipinski definition) is 3. The van der Waals surface area contributed by atoms with Crippen molar-refractivity contribution < 1.29 is 27.5 Å². The van der Waals surface area contributed by atoms with Gasteiger partial charge in [0, 0.05) is 19.1 Å². The number of carbonyl (C=O) groups excluding carboxylic acids is 2. The molecule has 2 rings (SSSR count). The molecule has 0 aliphatic carbocycles. The first-order valence-electron chi connectivity index (χ1n) is 7.55. The second-order valence-electron chi connectivity index (χ2n) is 5.28. The van der Waals surface area contributed by atoms with Crippen molar-refractivity contribution in [1.29, 1.82) is 0 Å². The molecule has 0 saturated carbocycles. The molecular formula is C15H18F3N3O3. The van der Waals surface area contributed by atoms with Crippen LogP contribution in [-0.2, 0) is 4.74 Å². The average Bonchev–Trinajstić information content (AvgIpc) is 2.56. The first kappa shape index (κ1) is 17.9. The number of anilines is 1. The van der Waals surface area contributed by atoms with Gasteiger partial charge in [-0.15, -0.1) is 0 Å². The zero-order valence-electron chi connectivity index (χ0n) is 13.1. The molecule has 0 spiro atoms. The highest BCUT2D eigenvalue weighted by Crippen LogP contribution is 2.19. The van der Waals surface area contributed by atoms with E-state index in [4.69, 9.17) is 4.74 Å². The number of ether oxygens (including phenoxy) is 1. The first-order chi connectivity index (χ1) is 11.4. The van der Waals surface area contributed by atoms with Gasteiger partial charge < -0.3 is 20.3 Å². The van der Waals surface area contributed by atoms with Gasteiger partial charge in [-0.3, -0.25) is 0 Å². The minimum Gasteiger partial charge on any atom is -0.450 e. The van der Waals surface area contributed by atoms with E-state index < -0.39 is 35.3 Å². The van der Waals surface area contributed by atoms with Gasteiger partial charge in [-0.1, -0.05) is 0 Å². The van der Waals surface area contributed by atoms with Gasteiger partial charge in [0.1, 0.15) is 0 Å². The Kier molecular flexibility index (Phi) is 5.88. The van der Waals surface area contributed by atoms with Crippen molar-refractivity contribution in [2.24, 2.45) is 0 Å². The fourth-order valence-corrected chi connectivity index (χ4v) is 2.39. The molecule has 1 aromatic carbocycles. The second kappa shape index (κ2) is 7.89. The van der Waals surface area contributed by atoms with Gasteiger partial charge in [-0.2, -0.15) is 0 Å². The Bertz CT molecular complexity index is 619. The quantitative estimate of drug-likeness (QED) is 0.828. The lowest BCUT2D eigenvalue weighted by atomic mass is 10.1. The minimum atomic E-state index is -1.64. The lowest BCUT2D eigenvalue weighted by Gasteiger charge is -2.31. The number of urea groups is 1. The van der Waals surface area contributed by atoms with E-state index in [0.717, 1.165) is 12.1 Å². The molecule has 1 aliphatic heterocycles. The Labute approximate surface area is 137 Å². The predicted molar refractivity (Wildman–Crippen MR) is 80.1 cm³/mol. The van der Waals surface area contributed by atoms with Gasteiger partial charge in [-0.25, -0.2) is 22.8 Å². The highest BCUT2D eigenvalue weighted by atomic mass is 19.2. The van der Waals surface area contributed by atoms with Crippen LogP contribution in [0.15, 0.2) is 12.1 Å². The zero-order valence-corrected chi connectivity index (χ0v) is 13.1. The normalized spacial score (nSPS) is 15.1. The Morgan fingerprint density at radius 3 is 2.50 bits per heavy atom. The third-order valence-electron chi connectivity index (χ3n) is 3.64. The second-order valence-corrected chi connectivity index (χ2v) is 5.28. The summed E-state index contributed by atoms with van der Waals surface area (Å²) in [6.07, 6.45) is 0.614. The van der Waals surface area contributed by atoms with Crippen LogP contribution in [0.25, 0.3) is 0 Å². The molecule has 1 heterocycles. The van der Waals surface area contributed by atoms with Crippen LogP contribution in [0.4, 0.5) is 28.4 Å². The monoisotopic (exact) mass is 345 g/mol. The van der Waals surface area contributed by atoms with Gasteiger partial charge in [-0.05, 0) is 31.9 Å². The summed E-state index contributed by atoms with van der Waals surface area (Å²) in [6, 6.07) is 0.723. The highest BCUT2D eigenvalue weighted by Gasteiger charge is 2.25. The number of halogens is 3. The molecule has 1 aliphatic rings. The van der Waals surface area contributed by atoms with E-state index in [1.807, 2.05) is 0 Å². The number of amides is 3. The predicted octanol–water partition coefficient (Wildman–Crippen LogP) is 2.85. The maximum Gasteiger partial charge on any atom is 0.409 e. The Morgan fingerprint density at radius 2 is 1.88 bits per heavy atom. The summed E-state index contributed by atoms with van der Waals surface area (Å²) in [5, 5.41) is 4.75. The summed E-state index contributed by atoms with van der Waals surface area (Å²) in [5.41, 5.74) is -0.449. The van der Waals surface area contributed by atoms with Crippen LogP contribution in [-0.4, -0.2) is 42.8 Å². The van der Waals surface area contributed by atoms with Crippen molar-refractivity contribution in [3.8, 4) is 0 Å². The fourth-order valence-electron chi connectivity index (χ4n) is 2.39. The van der Waals surface area contributed by atoms with E-state index in [9.17, 15) is 22.8 Å². The van der Waals surface area contributed by atoms with Gasteiger partial charge >= 0.3 is 12.1 Å². The lowest BCUT2D eigenvalue weighted by Crippen LogP contribution is -2.47. The van der Waals surface area contributed by atoms with E-state index >= 15 is 0 Å². The number of rotatable bonds is 3. The Hall–Kier alpha value is -2.45. The molecule has 0 unspecified atom stereocenters. The van der Waals surface area contributed by atoms with Crippen LogP contribution in [0.3, 0.4) is 0 Å². The first-order valence-corrected chi connectivity index (χ1v) is 7.55. The number of piperidine rings is 1. The molecule has 132 valence electrons. The Balaban J connectivity index is 1.84. The average molecular weight is 345 g/mol. The van der Waals surface area contributed by atoms with Crippen molar-refractivity contribution in [2.45, 2.75) is 25.8 Å². The summed E-state index contributed by atoms with van der Waals surface area (Å²) >= 11 is 0. The van der Waals surface area contributed by atoms with Crippen LogP contribution < -0.4 is 10.6 Å². The largest absolute Gasteiger partial charge is 0.450 e. The molecule has 1 fully saturated rings. The van der Waals surface area contributed by atoms with Gasteiger partial charge in [0.2, 0.25) is 0 Å². The highest BCUT2D eigenvalue weighted by molar-refractivity contribution is 5.89. The van der Waals surface area contributed by atoms with Crippen LogP contribution >= 0.6 is 0 Å². The Morgan fingerprint density at radius 1 is 1.21 bits per heavy atom. The molecule has 1 saturated heterocycles. The summed E-state index contributed by atoms with van der Waals surface area (Å²) in [4.78, 5) is 24.9. The van der Waals surface area contributed by atoms with E-state index in [0.29, 0.717) is 32.5 Å². The van der Waals surface area contributed by atoms with Crippen molar-refractivity contribution in [3.63, 3.8) is 0 Å². The number of carbonyl (C=O) groups is 2. The van der Waals surface area contributed by atoms with Crippen molar-refractivity contribution >= 4 is 17.8 Å². The van der Waals surface area contributed by atoms with Crippen LogP contribution in [0.5, 0.6) is 0 Å². The van der Waals surface area contributed by atoms with E-state index in [2.05, 4.69) is 10.6 Å². The molecule has 2 N–H and O–H groups in total. The maximum atomic E-state index is 13.5. The lowest BCUT2D eigenvalue weighted by molar-refractivity contribution is 0.0959. The molecule has 0 aromatic heterocycles. The molecule has 1 aromatic rings. The van der Waals surface area contributed by atoms with Gasteiger partial charge in [0.05, 0.1) is 12.3 Å². The maximum absolute atomic E-state index is 13.5. The molecule has 24 heavy (non-hydrogen) atoms. The minimum absolute atomic E-state index is 0.218. The van der Waals surface area contributed by atoms with Crippen LogP contribution in [0.2, 0.25) is 0 Å². The number of hydrogen-bond donors (Lipinski definition) is 2. The van der Waals surface area contributed by atoms with E-state index in [1.54, 1.807) is 6.92 Å². The van der Waals surface area contributed by atoms with Gasteiger partial charge in [0.15, 0.2) is 17.5 Å². The molecule has 0 bridgehead atoms. The van der Waals surface area contributed by atoms with Crippen molar-refractivity contribution in [2.75, 3.05) is 25.0 Å². The smallest absolute Gasteiger partial charge is 0.409 e. The topological polar surface area (TPSA) is 70.7 Å².